The van der Waals surface area contributed by atoms with Crippen LogP contribution in [0.4, 0.5) is 0 Å². The quantitative estimate of drug-likeness (QED) is 0.305. The van der Waals surface area contributed by atoms with E-state index < -0.39 is 11.8 Å². The summed E-state index contributed by atoms with van der Waals surface area (Å²) in [4.78, 5) is 25.7. The Morgan fingerprint density at radius 1 is 1.00 bits per heavy atom. The van der Waals surface area contributed by atoms with E-state index in [1.807, 2.05) is 37.3 Å². The molecule has 1 heterocycles. The Hall–Kier alpha value is -4.59. The molecule has 1 aliphatic rings. The number of hydrogen-bond donors (Lipinski definition) is 2. The zero-order valence-electron chi connectivity index (χ0n) is 18.5. The molecule has 0 saturated heterocycles. The number of hydrogen-bond acceptors (Lipinski definition) is 6. The third-order valence-electron chi connectivity index (χ3n) is 4.83. The van der Waals surface area contributed by atoms with Gasteiger partial charge in [0.2, 0.25) is 6.79 Å². The van der Waals surface area contributed by atoms with Gasteiger partial charge in [0.25, 0.3) is 11.8 Å². The van der Waals surface area contributed by atoms with Gasteiger partial charge in [-0.15, -0.1) is 0 Å². The van der Waals surface area contributed by atoms with Crippen LogP contribution in [0.3, 0.4) is 0 Å². The average Bonchev–Trinajstić information content (AvgIpc) is 3.33. The van der Waals surface area contributed by atoms with Crippen molar-refractivity contribution in [3.63, 3.8) is 0 Å². The molecule has 0 saturated carbocycles. The molecule has 4 rings (SSSR count). The maximum atomic E-state index is 13.0. The van der Waals surface area contributed by atoms with Gasteiger partial charge in [0.1, 0.15) is 11.4 Å². The Kier molecular flexibility index (Phi) is 7.19. The lowest BCUT2D eigenvalue weighted by molar-refractivity contribution is -0.117. The lowest BCUT2D eigenvalue weighted by atomic mass is 10.1. The van der Waals surface area contributed by atoms with E-state index in [4.69, 9.17) is 14.2 Å². The number of ether oxygens (including phenoxy) is 3. The maximum Gasteiger partial charge on any atom is 0.287 e. The fourth-order valence-electron chi connectivity index (χ4n) is 3.21. The van der Waals surface area contributed by atoms with Gasteiger partial charge in [-0.3, -0.25) is 9.59 Å². The number of nitrogens with zero attached hydrogens (tertiary/aromatic N) is 1. The standard InChI is InChI=1S/C26H23N3O5/c1-2-32-22-11-7-6-10-20(22)16-27-29-26(31)21(28-25(30)19-8-4-3-5-9-19)14-18-12-13-23-24(15-18)34-17-33-23/h3-16H,2,17H2,1H3,(H,28,30)(H,29,31)/b21-14+,27-16+. The lowest BCUT2D eigenvalue weighted by Gasteiger charge is -2.10. The van der Waals surface area contributed by atoms with Crippen LogP contribution in [-0.2, 0) is 4.79 Å². The minimum atomic E-state index is -0.591. The number of rotatable bonds is 8. The molecule has 8 heteroatoms. The number of carbonyl (C=O) groups is 2. The fourth-order valence-corrected chi connectivity index (χ4v) is 3.21. The monoisotopic (exact) mass is 457 g/mol. The molecule has 0 radical (unpaired) electrons. The van der Waals surface area contributed by atoms with E-state index in [0.717, 1.165) is 0 Å². The summed E-state index contributed by atoms with van der Waals surface area (Å²) in [5.74, 6) is 0.819. The molecule has 3 aromatic rings. The number of carbonyl (C=O) groups excluding carboxylic acids is 2. The summed E-state index contributed by atoms with van der Waals surface area (Å²) in [6.07, 6.45) is 3.03. The molecule has 2 amide bonds. The number of fused-ring (bicyclic) bond motifs is 1. The normalized spacial score (nSPS) is 12.4. The Bertz CT molecular complexity index is 1240. The lowest BCUT2D eigenvalue weighted by Crippen LogP contribution is -2.32. The molecule has 3 aromatic carbocycles. The van der Waals surface area contributed by atoms with Crippen LogP contribution in [0, 0.1) is 0 Å². The second-order valence-electron chi connectivity index (χ2n) is 7.16. The highest BCUT2D eigenvalue weighted by molar-refractivity contribution is 6.05. The van der Waals surface area contributed by atoms with Crippen molar-refractivity contribution in [1.29, 1.82) is 0 Å². The minimum Gasteiger partial charge on any atom is -0.493 e. The van der Waals surface area contributed by atoms with Gasteiger partial charge in [-0.05, 0) is 55.0 Å². The van der Waals surface area contributed by atoms with E-state index in [2.05, 4.69) is 15.8 Å². The summed E-state index contributed by atoms with van der Waals surface area (Å²) in [6.45, 7) is 2.53. The van der Waals surface area contributed by atoms with Crippen LogP contribution in [-0.4, -0.2) is 31.4 Å². The molecule has 0 fully saturated rings. The number of hydrazone groups is 1. The Balaban J connectivity index is 1.56. The molecule has 172 valence electrons. The third kappa shape index (κ3) is 5.60. The van der Waals surface area contributed by atoms with Crippen molar-refractivity contribution in [3.8, 4) is 17.2 Å². The molecule has 0 aromatic heterocycles. The van der Waals surface area contributed by atoms with Crippen LogP contribution in [0.5, 0.6) is 17.2 Å². The molecule has 0 aliphatic carbocycles. The molecule has 0 unspecified atom stereocenters. The van der Waals surface area contributed by atoms with Crippen LogP contribution >= 0.6 is 0 Å². The number of para-hydroxylation sites is 1. The summed E-state index contributed by atoms with van der Waals surface area (Å²) in [7, 11) is 0. The molecule has 0 bridgehead atoms. The van der Waals surface area contributed by atoms with E-state index in [-0.39, 0.29) is 12.5 Å². The Morgan fingerprint density at radius 3 is 2.59 bits per heavy atom. The number of nitrogens with one attached hydrogen (secondary N) is 2. The van der Waals surface area contributed by atoms with Crippen LogP contribution in [0.1, 0.15) is 28.4 Å². The zero-order valence-corrected chi connectivity index (χ0v) is 18.5. The topological polar surface area (TPSA) is 98.2 Å². The second-order valence-corrected chi connectivity index (χ2v) is 7.16. The van der Waals surface area contributed by atoms with Gasteiger partial charge in [0.05, 0.1) is 12.8 Å². The van der Waals surface area contributed by atoms with Crippen molar-refractivity contribution >= 4 is 24.1 Å². The summed E-state index contributed by atoms with van der Waals surface area (Å²) in [5, 5.41) is 6.71. The summed E-state index contributed by atoms with van der Waals surface area (Å²) >= 11 is 0. The van der Waals surface area contributed by atoms with Crippen molar-refractivity contribution in [1.82, 2.24) is 10.7 Å². The van der Waals surface area contributed by atoms with Crippen molar-refractivity contribution in [2.24, 2.45) is 5.10 Å². The zero-order chi connectivity index (χ0) is 23.8. The highest BCUT2D eigenvalue weighted by atomic mass is 16.7. The highest BCUT2D eigenvalue weighted by Gasteiger charge is 2.17. The van der Waals surface area contributed by atoms with Gasteiger partial charge < -0.3 is 19.5 Å². The first-order chi connectivity index (χ1) is 16.6. The number of benzene rings is 3. The third-order valence-corrected chi connectivity index (χ3v) is 4.83. The van der Waals surface area contributed by atoms with E-state index >= 15 is 0 Å². The van der Waals surface area contributed by atoms with Gasteiger partial charge in [-0.2, -0.15) is 5.10 Å². The summed E-state index contributed by atoms with van der Waals surface area (Å²) in [5.41, 5.74) is 4.25. The van der Waals surface area contributed by atoms with Gasteiger partial charge in [-0.1, -0.05) is 36.4 Å². The second kappa shape index (κ2) is 10.8. The van der Waals surface area contributed by atoms with E-state index in [9.17, 15) is 9.59 Å². The molecule has 34 heavy (non-hydrogen) atoms. The van der Waals surface area contributed by atoms with Crippen molar-refractivity contribution < 1.29 is 23.8 Å². The summed E-state index contributed by atoms with van der Waals surface area (Å²) in [6, 6.07) is 21.2. The van der Waals surface area contributed by atoms with Crippen LogP contribution in [0.15, 0.2) is 83.6 Å². The molecule has 2 N–H and O–H groups in total. The molecule has 0 atom stereocenters. The van der Waals surface area contributed by atoms with Gasteiger partial charge in [0, 0.05) is 11.1 Å². The predicted molar refractivity (Wildman–Crippen MR) is 128 cm³/mol. The van der Waals surface area contributed by atoms with Gasteiger partial charge in [-0.25, -0.2) is 5.43 Å². The predicted octanol–water partition coefficient (Wildman–Crippen LogP) is 3.74. The first kappa shape index (κ1) is 22.6. The summed E-state index contributed by atoms with van der Waals surface area (Å²) < 4.78 is 16.3. The van der Waals surface area contributed by atoms with Crippen LogP contribution in [0.25, 0.3) is 6.08 Å². The minimum absolute atomic E-state index is 0.0166. The average molecular weight is 457 g/mol. The van der Waals surface area contributed by atoms with Gasteiger partial charge >= 0.3 is 0 Å². The smallest absolute Gasteiger partial charge is 0.287 e. The largest absolute Gasteiger partial charge is 0.493 e. The van der Waals surface area contributed by atoms with E-state index in [1.54, 1.807) is 48.5 Å². The van der Waals surface area contributed by atoms with Gasteiger partial charge in [0.15, 0.2) is 11.5 Å². The molecular weight excluding hydrogens is 434 g/mol. The van der Waals surface area contributed by atoms with Crippen molar-refractivity contribution in [3.05, 3.63) is 95.2 Å². The van der Waals surface area contributed by atoms with Crippen LogP contribution < -0.4 is 25.0 Å². The maximum absolute atomic E-state index is 13.0. The molecule has 1 aliphatic heterocycles. The highest BCUT2D eigenvalue weighted by Crippen LogP contribution is 2.33. The first-order valence-corrected chi connectivity index (χ1v) is 10.7. The first-order valence-electron chi connectivity index (χ1n) is 10.7. The van der Waals surface area contributed by atoms with E-state index in [1.165, 1.54) is 6.21 Å². The molecule has 8 nitrogen and oxygen atoms in total. The molecule has 0 spiro atoms. The Morgan fingerprint density at radius 2 is 1.76 bits per heavy atom. The molecular formula is C26H23N3O5. The Labute approximate surface area is 196 Å². The fraction of sp³-hybridized carbons (Fsp3) is 0.115. The van der Waals surface area contributed by atoms with Crippen molar-refractivity contribution in [2.45, 2.75) is 6.92 Å². The van der Waals surface area contributed by atoms with Crippen molar-refractivity contribution in [2.75, 3.05) is 13.4 Å². The SMILES string of the molecule is CCOc1ccccc1/C=N/NC(=O)/C(=C\c1ccc2c(c1)OCO2)NC(=O)c1ccccc1. The van der Waals surface area contributed by atoms with Crippen LogP contribution in [0.2, 0.25) is 0 Å². The van der Waals surface area contributed by atoms with E-state index in [0.29, 0.717) is 40.5 Å². The number of amides is 2.